The molecule has 1 unspecified atom stereocenters. The number of hydrogen-bond donors (Lipinski definition) is 1. The lowest BCUT2D eigenvalue weighted by molar-refractivity contribution is 0.185. The molecule has 5 nitrogen and oxygen atoms in total. The summed E-state index contributed by atoms with van der Waals surface area (Å²) in [7, 11) is 1.95. The number of nitrogens with zero attached hydrogens (tertiary/aromatic N) is 3. The summed E-state index contributed by atoms with van der Waals surface area (Å²) >= 11 is 0. The number of likely N-dealkylation sites (tertiary alicyclic amines) is 1. The standard InChI is InChI=1S/C14H26N4O/c1-4-18-7-5-12(6-8-18)10-14-16-13(17-19-14)9-11(2)15-3/h11-12,15H,4-10H2,1-3H3. The largest absolute Gasteiger partial charge is 0.339 e. The summed E-state index contributed by atoms with van der Waals surface area (Å²) in [5.74, 6) is 2.34. The Kier molecular flexibility index (Phi) is 5.34. The molecule has 1 aromatic heterocycles. The fourth-order valence-electron chi connectivity index (χ4n) is 2.59. The lowest BCUT2D eigenvalue weighted by atomic mass is 9.93. The Bertz CT molecular complexity index is 371. The summed E-state index contributed by atoms with van der Waals surface area (Å²) in [6.45, 7) is 7.93. The van der Waals surface area contributed by atoms with Crippen LogP contribution in [0.5, 0.6) is 0 Å². The van der Waals surface area contributed by atoms with E-state index in [2.05, 4.69) is 34.2 Å². The Labute approximate surface area is 115 Å². The second-order valence-electron chi connectivity index (χ2n) is 5.58. The number of aromatic nitrogens is 2. The highest BCUT2D eigenvalue weighted by Crippen LogP contribution is 2.20. The molecule has 0 saturated carbocycles. The summed E-state index contributed by atoms with van der Waals surface area (Å²) in [6, 6.07) is 0.387. The van der Waals surface area contributed by atoms with E-state index in [9.17, 15) is 0 Å². The number of hydrogen-bond acceptors (Lipinski definition) is 5. The zero-order chi connectivity index (χ0) is 13.7. The molecule has 0 bridgehead atoms. The average molecular weight is 266 g/mol. The van der Waals surface area contributed by atoms with Crippen LogP contribution in [-0.2, 0) is 12.8 Å². The van der Waals surface area contributed by atoms with Crippen LogP contribution >= 0.6 is 0 Å². The van der Waals surface area contributed by atoms with E-state index in [0.717, 1.165) is 24.6 Å². The second kappa shape index (κ2) is 7.01. The predicted octanol–water partition coefficient (Wildman–Crippen LogP) is 1.49. The van der Waals surface area contributed by atoms with E-state index >= 15 is 0 Å². The molecule has 1 fully saturated rings. The first kappa shape index (κ1) is 14.5. The number of nitrogens with one attached hydrogen (secondary N) is 1. The number of rotatable bonds is 6. The molecule has 2 heterocycles. The van der Waals surface area contributed by atoms with Gasteiger partial charge < -0.3 is 14.7 Å². The fourth-order valence-corrected chi connectivity index (χ4v) is 2.59. The molecule has 1 saturated heterocycles. The third-order valence-electron chi connectivity index (χ3n) is 4.11. The van der Waals surface area contributed by atoms with Crippen LogP contribution in [0.4, 0.5) is 0 Å². The van der Waals surface area contributed by atoms with Gasteiger partial charge >= 0.3 is 0 Å². The van der Waals surface area contributed by atoms with Gasteiger partial charge in [-0.05, 0) is 52.4 Å². The van der Waals surface area contributed by atoms with Crippen molar-refractivity contribution in [3.63, 3.8) is 0 Å². The quantitative estimate of drug-likeness (QED) is 0.845. The maximum atomic E-state index is 5.36. The van der Waals surface area contributed by atoms with Crippen LogP contribution in [0.3, 0.4) is 0 Å². The summed E-state index contributed by atoms with van der Waals surface area (Å²) in [6.07, 6.45) is 4.27. The van der Waals surface area contributed by atoms with Crippen molar-refractivity contribution in [2.75, 3.05) is 26.7 Å². The highest BCUT2D eigenvalue weighted by atomic mass is 16.5. The second-order valence-corrected chi connectivity index (χ2v) is 5.58. The SMILES string of the molecule is CCN1CCC(Cc2nc(CC(C)NC)no2)CC1. The molecule has 0 aliphatic carbocycles. The van der Waals surface area contributed by atoms with Gasteiger partial charge in [0.05, 0.1) is 0 Å². The van der Waals surface area contributed by atoms with Crippen LogP contribution in [0, 0.1) is 5.92 Å². The Morgan fingerprint density at radius 3 is 2.79 bits per heavy atom. The molecule has 1 aliphatic rings. The van der Waals surface area contributed by atoms with Gasteiger partial charge in [0.2, 0.25) is 5.89 Å². The summed E-state index contributed by atoms with van der Waals surface area (Å²) in [5, 5.41) is 7.25. The van der Waals surface area contributed by atoms with Crippen LogP contribution in [-0.4, -0.2) is 47.8 Å². The van der Waals surface area contributed by atoms with Crippen molar-refractivity contribution in [3.05, 3.63) is 11.7 Å². The topological polar surface area (TPSA) is 54.2 Å². The Morgan fingerprint density at radius 1 is 1.42 bits per heavy atom. The summed E-state index contributed by atoms with van der Waals surface area (Å²) in [4.78, 5) is 7.00. The molecule has 19 heavy (non-hydrogen) atoms. The van der Waals surface area contributed by atoms with E-state index < -0.39 is 0 Å². The molecule has 1 aromatic rings. The molecule has 0 amide bonds. The molecular formula is C14H26N4O. The van der Waals surface area contributed by atoms with E-state index in [0.29, 0.717) is 12.0 Å². The van der Waals surface area contributed by atoms with Crippen LogP contribution in [0.2, 0.25) is 0 Å². The van der Waals surface area contributed by atoms with Gasteiger partial charge in [0, 0.05) is 18.9 Å². The van der Waals surface area contributed by atoms with Crippen molar-refractivity contribution in [1.29, 1.82) is 0 Å². The normalized spacial score (nSPS) is 19.7. The first-order valence-corrected chi connectivity index (χ1v) is 7.42. The number of likely N-dealkylation sites (N-methyl/N-ethyl adjacent to an activating group) is 1. The predicted molar refractivity (Wildman–Crippen MR) is 75.1 cm³/mol. The van der Waals surface area contributed by atoms with Gasteiger partial charge in [-0.15, -0.1) is 0 Å². The molecule has 1 N–H and O–H groups in total. The van der Waals surface area contributed by atoms with Gasteiger partial charge in [-0.2, -0.15) is 4.98 Å². The van der Waals surface area contributed by atoms with Gasteiger partial charge in [-0.3, -0.25) is 0 Å². The molecule has 0 spiro atoms. The van der Waals surface area contributed by atoms with E-state index in [1.54, 1.807) is 0 Å². The van der Waals surface area contributed by atoms with Crippen molar-refractivity contribution in [2.45, 2.75) is 45.6 Å². The fraction of sp³-hybridized carbons (Fsp3) is 0.857. The zero-order valence-corrected chi connectivity index (χ0v) is 12.4. The molecular weight excluding hydrogens is 240 g/mol. The molecule has 0 aromatic carbocycles. The minimum Gasteiger partial charge on any atom is -0.339 e. The van der Waals surface area contributed by atoms with Crippen LogP contribution in [0.25, 0.3) is 0 Å². The van der Waals surface area contributed by atoms with Crippen molar-refractivity contribution in [3.8, 4) is 0 Å². The van der Waals surface area contributed by atoms with E-state index in [1.807, 2.05) is 7.05 Å². The van der Waals surface area contributed by atoms with E-state index in [1.165, 1.54) is 32.5 Å². The lowest BCUT2D eigenvalue weighted by Crippen LogP contribution is -2.34. The maximum Gasteiger partial charge on any atom is 0.226 e. The van der Waals surface area contributed by atoms with Crippen molar-refractivity contribution < 1.29 is 4.52 Å². The van der Waals surface area contributed by atoms with Gasteiger partial charge in [0.15, 0.2) is 5.82 Å². The Morgan fingerprint density at radius 2 is 2.16 bits per heavy atom. The van der Waals surface area contributed by atoms with Gasteiger partial charge in [0.1, 0.15) is 0 Å². The molecule has 1 atom stereocenters. The Balaban J connectivity index is 1.80. The van der Waals surface area contributed by atoms with Crippen molar-refractivity contribution in [1.82, 2.24) is 20.4 Å². The van der Waals surface area contributed by atoms with Gasteiger partial charge in [-0.25, -0.2) is 0 Å². The van der Waals surface area contributed by atoms with Crippen molar-refractivity contribution in [2.24, 2.45) is 5.92 Å². The monoisotopic (exact) mass is 266 g/mol. The molecule has 1 aliphatic heterocycles. The highest BCUT2D eigenvalue weighted by molar-refractivity contribution is 4.91. The maximum absolute atomic E-state index is 5.36. The smallest absolute Gasteiger partial charge is 0.226 e. The lowest BCUT2D eigenvalue weighted by Gasteiger charge is -2.30. The number of piperidine rings is 1. The van der Waals surface area contributed by atoms with Crippen LogP contribution in [0.1, 0.15) is 38.4 Å². The third-order valence-corrected chi connectivity index (χ3v) is 4.11. The van der Waals surface area contributed by atoms with E-state index in [4.69, 9.17) is 4.52 Å². The first-order valence-electron chi connectivity index (χ1n) is 7.42. The molecule has 2 rings (SSSR count). The first-order chi connectivity index (χ1) is 9.21. The van der Waals surface area contributed by atoms with Crippen LogP contribution in [0.15, 0.2) is 4.52 Å². The molecule has 108 valence electrons. The molecule has 5 heteroatoms. The summed E-state index contributed by atoms with van der Waals surface area (Å²) < 4.78 is 5.36. The minimum atomic E-state index is 0.387. The van der Waals surface area contributed by atoms with Crippen LogP contribution < -0.4 is 5.32 Å². The molecule has 0 radical (unpaired) electrons. The van der Waals surface area contributed by atoms with Gasteiger partial charge in [0.25, 0.3) is 0 Å². The summed E-state index contributed by atoms with van der Waals surface area (Å²) in [5.41, 5.74) is 0. The van der Waals surface area contributed by atoms with Gasteiger partial charge in [-0.1, -0.05) is 12.1 Å². The van der Waals surface area contributed by atoms with E-state index in [-0.39, 0.29) is 0 Å². The Hall–Kier alpha value is -0.940. The van der Waals surface area contributed by atoms with Crippen molar-refractivity contribution >= 4 is 0 Å². The average Bonchev–Trinajstić information content (AvgIpc) is 2.86. The third kappa shape index (κ3) is 4.28. The zero-order valence-electron chi connectivity index (χ0n) is 12.4. The minimum absolute atomic E-state index is 0.387. The highest BCUT2D eigenvalue weighted by Gasteiger charge is 2.21.